The number of aryl methyl sites for hydroxylation is 1. The highest BCUT2D eigenvalue weighted by Crippen LogP contribution is 2.11. The van der Waals surface area contributed by atoms with Gasteiger partial charge < -0.3 is 5.32 Å². The number of nitrogens with one attached hydrogen (secondary N) is 1. The van der Waals surface area contributed by atoms with Crippen molar-refractivity contribution in [1.29, 1.82) is 0 Å². The molecule has 0 fully saturated rings. The van der Waals surface area contributed by atoms with Gasteiger partial charge in [-0.25, -0.2) is 9.48 Å². The molecule has 0 saturated carbocycles. The van der Waals surface area contributed by atoms with Crippen LogP contribution in [0.2, 0.25) is 0 Å². The molecule has 1 amide bonds. The Kier molecular flexibility index (Phi) is 4.33. The van der Waals surface area contributed by atoms with Gasteiger partial charge in [-0.15, -0.1) is 0 Å². The van der Waals surface area contributed by atoms with Crippen LogP contribution in [0, 0.1) is 0 Å². The molecular weight excluding hydrogens is 342 g/mol. The highest BCUT2D eigenvalue weighted by atomic mass is 16.2. The predicted molar refractivity (Wildman–Crippen MR) is 103 cm³/mol. The summed E-state index contributed by atoms with van der Waals surface area (Å²) >= 11 is 0. The Morgan fingerprint density at radius 2 is 1.74 bits per heavy atom. The number of hydrogen-bond donors (Lipinski definition) is 1. The maximum absolute atomic E-state index is 12.4. The lowest BCUT2D eigenvalue weighted by molar-refractivity contribution is -0.121. The summed E-state index contributed by atoms with van der Waals surface area (Å²) in [6.07, 6.45) is 3.59. The van der Waals surface area contributed by atoms with Gasteiger partial charge >= 0.3 is 5.69 Å². The standard InChI is InChI=1S/C20H19N5O2/c1-23-17-9-5-6-10-18(17)24(20(23)27)14-19(26)21-11-15-12-22-25(13-15)16-7-3-2-4-8-16/h2-10,12-13H,11,14H2,1H3,(H,21,26). The normalized spacial score (nSPS) is 11.0. The largest absolute Gasteiger partial charge is 0.350 e. The van der Waals surface area contributed by atoms with Crippen LogP contribution in [0.25, 0.3) is 16.7 Å². The molecule has 0 spiro atoms. The fraction of sp³-hybridized carbons (Fsp3) is 0.150. The molecule has 0 aliphatic heterocycles. The molecule has 27 heavy (non-hydrogen) atoms. The molecule has 1 N–H and O–H groups in total. The Labute approximate surface area is 155 Å². The van der Waals surface area contributed by atoms with E-state index in [9.17, 15) is 9.59 Å². The van der Waals surface area contributed by atoms with Crippen molar-refractivity contribution in [1.82, 2.24) is 24.2 Å². The molecule has 0 aliphatic rings. The number of amides is 1. The molecule has 7 heteroatoms. The quantitative estimate of drug-likeness (QED) is 0.589. The average molecular weight is 361 g/mol. The first-order valence-corrected chi connectivity index (χ1v) is 8.63. The van der Waals surface area contributed by atoms with Crippen LogP contribution in [-0.2, 0) is 24.9 Å². The molecule has 7 nitrogen and oxygen atoms in total. The van der Waals surface area contributed by atoms with Crippen molar-refractivity contribution in [2.75, 3.05) is 0 Å². The van der Waals surface area contributed by atoms with Crippen molar-refractivity contribution in [2.24, 2.45) is 7.05 Å². The summed E-state index contributed by atoms with van der Waals surface area (Å²) in [6.45, 7) is 0.332. The van der Waals surface area contributed by atoms with Crippen molar-refractivity contribution in [3.63, 3.8) is 0 Å². The topological polar surface area (TPSA) is 73.8 Å². The van der Waals surface area contributed by atoms with Crippen LogP contribution in [0.4, 0.5) is 0 Å². The fourth-order valence-electron chi connectivity index (χ4n) is 3.09. The maximum atomic E-state index is 12.4. The SMILES string of the molecule is Cn1c(=O)n(CC(=O)NCc2cnn(-c3ccccc3)c2)c2ccccc21. The van der Waals surface area contributed by atoms with E-state index < -0.39 is 0 Å². The minimum atomic E-state index is -0.221. The predicted octanol–water partition coefficient (Wildman–Crippen LogP) is 1.84. The molecule has 0 saturated heterocycles. The van der Waals surface area contributed by atoms with E-state index in [1.165, 1.54) is 4.57 Å². The number of carbonyl (C=O) groups excluding carboxylic acids is 1. The van der Waals surface area contributed by atoms with Crippen LogP contribution in [0.15, 0.2) is 71.8 Å². The van der Waals surface area contributed by atoms with E-state index in [1.54, 1.807) is 22.5 Å². The number of para-hydroxylation sites is 3. The second kappa shape index (κ2) is 6.95. The van der Waals surface area contributed by atoms with E-state index in [4.69, 9.17) is 0 Å². The van der Waals surface area contributed by atoms with Crippen LogP contribution in [-0.4, -0.2) is 24.8 Å². The zero-order chi connectivity index (χ0) is 18.8. The zero-order valence-corrected chi connectivity index (χ0v) is 14.9. The number of hydrogen-bond acceptors (Lipinski definition) is 3. The molecule has 2 aromatic carbocycles. The molecule has 0 unspecified atom stereocenters. The summed E-state index contributed by atoms with van der Waals surface area (Å²) in [6, 6.07) is 17.2. The number of nitrogens with zero attached hydrogens (tertiary/aromatic N) is 4. The summed E-state index contributed by atoms with van der Waals surface area (Å²) in [7, 11) is 1.71. The van der Waals surface area contributed by atoms with Crippen molar-refractivity contribution < 1.29 is 4.79 Å². The summed E-state index contributed by atoms with van der Waals surface area (Å²) < 4.78 is 4.79. The monoisotopic (exact) mass is 361 g/mol. The van der Waals surface area contributed by atoms with Crippen LogP contribution < -0.4 is 11.0 Å². The van der Waals surface area contributed by atoms with Gasteiger partial charge in [-0.05, 0) is 24.3 Å². The van der Waals surface area contributed by atoms with Crippen LogP contribution in [0.1, 0.15) is 5.56 Å². The lowest BCUT2D eigenvalue weighted by atomic mass is 10.3. The van der Waals surface area contributed by atoms with Gasteiger partial charge in [-0.2, -0.15) is 5.10 Å². The minimum Gasteiger partial charge on any atom is -0.350 e. The van der Waals surface area contributed by atoms with Crippen molar-refractivity contribution in [3.8, 4) is 5.69 Å². The Hall–Kier alpha value is -3.61. The molecule has 0 aliphatic carbocycles. The molecule has 0 radical (unpaired) electrons. The molecule has 4 rings (SSSR count). The van der Waals surface area contributed by atoms with E-state index in [0.29, 0.717) is 6.54 Å². The molecule has 136 valence electrons. The van der Waals surface area contributed by atoms with E-state index in [-0.39, 0.29) is 18.1 Å². The van der Waals surface area contributed by atoms with Gasteiger partial charge in [0.1, 0.15) is 6.54 Å². The second-order valence-electron chi connectivity index (χ2n) is 6.32. The third-order valence-electron chi connectivity index (χ3n) is 4.50. The molecular formula is C20H19N5O2. The van der Waals surface area contributed by atoms with Crippen molar-refractivity contribution in [2.45, 2.75) is 13.1 Å². The van der Waals surface area contributed by atoms with Gasteiger partial charge in [0.05, 0.1) is 22.9 Å². The lowest BCUT2D eigenvalue weighted by Crippen LogP contribution is -2.32. The smallest absolute Gasteiger partial charge is 0.329 e. The molecule has 2 heterocycles. The van der Waals surface area contributed by atoms with Gasteiger partial charge in [0.2, 0.25) is 5.91 Å². The average Bonchev–Trinajstić information content (AvgIpc) is 3.27. The Bertz CT molecular complexity index is 1150. The highest BCUT2D eigenvalue weighted by Gasteiger charge is 2.13. The Morgan fingerprint density at radius 3 is 2.52 bits per heavy atom. The number of fused-ring (bicyclic) bond motifs is 1. The van der Waals surface area contributed by atoms with Gasteiger partial charge in [-0.1, -0.05) is 30.3 Å². The highest BCUT2D eigenvalue weighted by molar-refractivity contribution is 5.80. The van der Waals surface area contributed by atoms with E-state index in [1.807, 2.05) is 60.8 Å². The summed E-state index contributed by atoms with van der Waals surface area (Å²) in [4.78, 5) is 24.8. The first-order valence-electron chi connectivity index (χ1n) is 8.63. The molecule has 2 aromatic heterocycles. The maximum Gasteiger partial charge on any atom is 0.329 e. The van der Waals surface area contributed by atoms with Crippen LogP contribution in [0.3, 0.4) is 0 Å². The second-order valence-corrected chi connectivity index (χ2v) is 6.32. The van der Waals surface area contributed by atoms with Crippen LogP contribution >= 0.6 is 0 Å². The van der Waals surface area contributed by atoms with E-state index in [0.717, 1.165) is 22.3 Å². The summed E-state index contributed by atoms with van der Waals surface area (Å²) in [5.41, 5.74) is 3.19. The minimum absolute atomic E-state index is 0.0208. The van der Waals surface area contributed by atoms with Crippen molar-refractivity contribution in [3.05, 3.63) is 83.0 Å². The number of carbonyl (C=O) groups is 1. The lowest BCUT2D eigenvalue weighted by Gasteiger charge is -2.05. The van der Waals surface area contributed by atoms with E-state index >= 15 is 0 Å². The summed E-state index contributed by atoms with van der Waals surface area (Å²) in [5, 5.41) is 7.17. The number of aromatic nitrogens is 4. The molecule has 0 bridgehead atoms. The van der Waals surface area contributed by atoms with Gasteiger partial charge in [-0.3, -0.25) is 13.9 Å². The first-order chi connectivity index (χ1) is 13.1. The van der Waals surface area contributed by atoms with Crippen LogP contribution in [0.5, 0.6) is 0 Å². The van der Waals surface area contributed by atoms with Gasteiger partial charge in [0.15, 0.2) is 0 Å². The Morgan fingerprint density at radius 1 is 1.04 bits per heavy atom. The zero-order valence-electron chi connectivity index (χ0n) is 14.9. The first kappa shape index (κ1) is 16.8. The summed E-state index contributed by atoms with van der Waals surface area (Å²) in [5.74, 6) is -0.221. The van der Waals surface area contributed by atoms with Gasteiger partial charge in [0.25, 0.3) is 0 Å². The molecule has 4 aromatic rings. The number of benzene rings is 2. The third-order valence-corrected chi connectivity index (χ3v) is 4.50. The fourth-order valence-corrected chi connectivity index (χ4v) is 3.09. The van der Waals surface area contributed by atoms with Gasteiger partial charge in [0, 0.05) is 25.4 Å². The number of rotatable bonds is 5. The molecule has 0 atom stereocenters. The third kappa shape index (κ3) is 3.27. The van der Waals surface area contributed by atoms with Crippen molar-refractivity contribution >= 4 is 16.9 Å². The van der Waals surface area contributed by atoms with E-state index in [2.05, 4.69) is 10.4 Å². The Balaban J connectivity index is 1.45. The number of imidazole rings is 1.